The van der Waals surface area contributed by atoms with E-state index in [1.165, 1.54) is 21.9 Å². The summed E-state index contributed by atoms with van der Waals surface area (Å²) in [5.74, 6) is 1.81. The van der Waals surface area contributed by atoms with Crippen LogP contribution >= 0.6 is 0 Å². The van der Waals surface area contributed by atoms with Crippen LogP contribution in [-0.4, -0.2) is 19.5 Å². The molecule has 0 spiro atoms. The van der Waals surface area contributed by atoms with E-state index < -0.39 is 0 Å². The van der Waals surface area contributed by atoms with Crippen LogP contribution in [0.5, 0.6) is 0 Å². The average Bonchev–Trinajstić information content (AvgIpc) is 3.74. The lowest BCUT2D eigenvalue weighted by Crippen LogP contribution is -2.01. The van der Waals surface area contributed by atoms with Gasteiger partial charge >= 0.3 is 0 Å². The molecule has 0 saturated carbocycles. The third-order valence-electron chi connectivity index (χ3n) is 9.44. The molecule has 0 aliphatic carbocycles. The molecule has 0 unspecified atom stereocenters. The lowest BCUT2D eigenvalue weighted by atomic mass is 9.99. The van der Waals surface area contributed by atoms with Gasteiger partial charge in [-0.25, -0.2) is 15.0 Å². The highest BCUT2D eigenvalue weighted by Gasteiger charge is 2.22. The monoisotopic (exact) mass is 640 g/mol. The smallest absolute Gasteiger partial charge is 0.164 e. The molecular formula is C45H28N4O. The van der Waals surface area contributed by atoms with E-state index in [1.54, 1.807) is 0 Å². The highest BCUT2D eigenvalue weighted by molar-refractivity contribution is 6.18. The molecule has 0 aliphatic rings. The van der Waals surface area contributed by atoms with Gasteiger partial charge in [-0.2, -0.15) is 0 Å². The van der Waals surface area contributed by atoms with Crippen molar-refractivity contribution in [3.05, 3.63) is 170 Å². The Labute approximate surface area is 287 Å². The predicted molar refractivity (Wildman–Crippen MR) is 203 cm³/mol. The average molecular weight is 641 g/mol. The lowest BCUT2D eigenvalue weighted by molar-refractivity contribution is 0.669. The minimum absolute atomic E-state index is 0.576. The molecule has 0 amide bonds. The minimum atomic E-state index is 0.576. The highest BCUT2D eigenvalue weighted by Crippen LogP contribution is 2.43. The Balaban J connectivity index is 1.31. The van der Waals surface area contributed by atoms with Crippen molar-refractivity contribution in [1.82, 2.24) is 19.5 Å². The van der Waals surface area contributed by atoms with Gasteiger partial charge in [0, 0.05) is 32.8 Å². The fourth-order valence-corrected chi connectivity index (χ4v) is 7.21. The number of fused-ring (bicyclic) bond motifs is 6. The van der Waals surface area contributed by atoms with Crippen molar-refractivity contribution in [2.45, 2.75) is 0 Å². The van der Waals surface area contributed by atoms with Crippen molar-refractivity contribution in [1.29, 1.82) is 0 Å². The van der Waals surface area contributed by atoms with Crippen LogP contribution in [0.2, 0.25) is 0 Å². The molecule has 0 bridgehead atoms. The van der Waals surface area contributed by atoms with Gasteiger partial charge in [0.1, 0.15) is 11.2 Å². The van der Waals surface area contributed by atoms with Crippen molar-refractivity contribution in [2.75, 3.05) is 0 Å². The first-order valence-corrected chi connectivity index (χ1v) is 16.7. The zero-order chi connectivity index (χ0) is 33.0. The van der Waals surface area contributed by atoms with E-state index in [4.69, 9.17) is 19.4 Å². The number of nitrogens with zero attached hydrogens (tertiary/aromatic N) is 4. The Kier molecular flexibility index (Phi) is 6.42. The first kappa shape index (κ1) is 28.2. The second-order valence-corrected chi connectivity index (χ2v) is 12.4. The molecule has 0 aliphatic heterocycles. The second kappa shape index (κ2) is 11.4. The maximum absolute atomic E-state index is 6.62. The summed E-state index contributed by atoms with van der Waals surface area (Å²) >= 11 is 0. The topological polar surface area (TPSA) is 56.7 Å². The Hall–Kier alpha value is -6.85. The van der Waals surface area contributed by atoms with E-state index >= 15 is 0 Å². The number of rotatable bonds is 5. The van der Waals surface area contributed by atoms with E-state index in [1.807, 2.05) is 72.8 Å². The molecule has 0 saturated heterocycles. The molecule has 234 valence electrons. The van der Waals surface area contributed by atoms with Crippen LogP contribution in [-0.2, 0) is 0 Å². The van der Waals surface area contributed by atoms with Crippen molar-refractivity contribution in [3.8, 4) is 51.0 Å². The van der Waals surface area contributed by atoms with Gasteiger partial charge in [-0.3, -0.25) is 0 Å². The van der Waals surface area contributed by atoms with Crippen molar-refractivity contribution in [2.24, 2.45) is 0 Å². The van der Waals surface area contributed by atoms with Gasteiger partial charge in [0.15, 0.2) is 17.5 Å². The van der Waals surface area contributed by atoms with Gasteiger partial charge in [-0.1, -0.05) is 140 Å². The molecule has 5 heteroatoms. The summed E-state index contributed by atoms with van der Waals surface area (Å²) in [7, 11) is 0. The van der Waals surface area contributed by atoms with Crippen LogP contribution < -0.4 is 0 Å². The number of para-hydroxylation sites is 2. The number of benzene rings is 7. The Morgan fingerprint density at radius 2 is 0.920 bits per heavy atom. The molecule has 7 aromatic carbocycles. The fourth-order valence-electron chi connectivity index (χ4n) is 7.21. The summed E-state index contributed by atoms with van der Waals surface area (Å²) in [5, 5.41) is 4.49. The van der Waals surface area contributed by atoms with Gasteiger partial charge in [-0.05, 0) is 41.5 Å². The maximum Gasteiger partial charge on any atom is 0.164 e. The Bertz CT molecular complexity index is 2800. The molecule has 10 aromatic rings. The van der Waals surface area contributed by atoms with E-state index in [9.17, 15) is 0 Å². The van der Waals surface area contributed by atoms with Crippen molar-refractivity contribution in [3.63, 3.8) is 0 Å². The molecule has 3 heterocycles. The lowest BCUT2D eigenvalue weighted by Gasteiger charge is -2.13. The number of furan rings is 1. The molecule has 50 heavy (non-hydrogen) atoms. The van der Waals surface area contributed by atoms with Crippen LogP contribution in [0.1, 0.15) is 0 Å². The molecule has 0 fully saturated rings. The normalized spacial score (nSPS) is 11.6. The zero-order valence-corrected chi connectivity index (χ0v) is 26.9. The first-order chi connectivity index (χ1) is 24.8. The maximum atomic E-state index is 6.62. The van der Waals surface area contributed by atoms with Crippen LogP contribution in [0.25, 0.3) is 94.7 Å². The minimum Gasteiger partial charge on any atom is -0.456 e. The van der Waals surface area contributed by atoms with Gasteiger partial charge in [-0.15, -0.1) is 0 Å². The summed E-state index contributed by atoms with van der Waals surface area (Å²) in [6.07, 6.45) is 0. The number of hydrogen-bond acceptors (Lipinski definition) is 4. The van der Waals surface area contributed by atoms with Crippen LogP contribution in [0.15, 0.2) is 174 Å². The highest BCUT2D eigenvalue weighted by atomic mass is 16.3. The number of hydrogen-bond donors (Lipinski definition) is 0. The molecule has 0 atom stereocenters. The van der Waals surface area contributed by atoms with Crippen LogP contribution in [0.3, 0.4) is 0 Å². The largest absolute Gasteiger partial charge is 0.456 e. The van der Waals surface area contributed by atoms with Gasteiger partial charge in [0.25, 0.3) is 0 Å². The molecule has 0 radical (unpaired) electrons. The molecule has 5 nitrogen and oxygen atoms in total. The standard InChI is InChI=1S/C45H28N4O/c1-4-15-29(16-5-1)33-23-14-25-37-41(33)34-21-10-12-24-36(34)49(37)38-27-32(28-40-42(38)35-22-11-13-26-39(35)50-40)45-47-43(30-17-6-2-7-18-30)46-44(48-45)31-19-8-3-9-20-31/h1-28H. The fraction of sp³-hybridized carbons (Fsp3) is 0. The van der Waals surface area contributed by atoms with E-state index in [0.29, 0.717) is 17.5 Å². The first-order valence-electron chi connectivity index (χ1n) is 16.7. The Morgan fingerprint density at radius 3 is 1.60 bits per heavy atom. The summed E-state index contributed by atoms with van der Waals surface area (Å²) in [6.45, 7) is 0. The summed E-state index contributed by atoms with van der Waals surface area (Å²) < 4.78 is 8.99. The molecule has 0 N–H and O–H groups in total. The quantitative estimate of drug-likeness (QED) is 0.188. The van der Waals surface area contributed by atoms with Gasteiger partial charge < -0.3 is 8.98 Å². The van der Waals surface area contributed by atoms with Crippen molar-refractivity contribution >= 4 is 43.7 Å². The number of aromatic nitrogens is 4. The van der Waals surface area contributed by atoms with Crippen molar-refractivity contribution < 1.29 is 4.42 Å². The Morgan fingerprint density at radius 1 is 0.380 bits per heavy atom. The summed E-state index contributed by atoms with van der Waals surface area (Å²) in [4.78, 5) is 15.1. The summed E-state index contributed by atoms with van der Waals surface area (Å²) in [5.41, 5.74) is 9.89. The van der Waals surface area contributed by atoms with E-state index in [2.05, 4.69) is 102 Å². The molecule has 3 aromatic heterocycles. The van der Waals surface area contributed by atoms with Crippen LogP contribution in [0, 0.1) is 0 Å². The van der Waals surface area contributed by atoms with Crippen LogP contribution in [0.4, 0.5) is 0 Å². The summed E-state index contributed by atoms with van der Waals surface area (Å²) in [6, 6.07) is 58.5. The SMILES string of the molecule is c1ccc(-c2nc(-c3ccccc3)nc(-c3cc(-n4c5ccccc5c5c(-c6ccccc6)cccc54)c4c(c3)oc3ccccc34)n2)cc1. The van der Waals surface area contributed by atoms with E-state index in [-0.39, 0.29) is 0 Å². The zero-order valence-electron chi connectivity index (χ0n) is 26.9. The predicted octanol–water partition coefficient (Wildman–Crippen LogP) is 11.5. The van der Waals surface area contributed by atoms with E-state index in [0.717, 1.165) is 55.3 Å². The van der Waals surface area contributed by atoms with Gasteiger partial charge in [0.2, 0.25) is 0 Å². The second-order valence-electron chi connectivity index (χ2n) is 12.4. The molecule has 10 rings (SSSR count). The third kappa shape index (κ3) is 4.52. The van der Waals surface area contributed by atoms with Gasteiger partial charge in [0.05, 0.1) is 22.1 Å². The third-order valence-corrected chi connectivity index (χ3v) is 9.44. The molecular weight excluding hydrogens is 613 g/mol.